The molecule has 1 aromatic heterocycles. The average molecular weight is 223 g/mol. The van der Waals surface area contributed by atoms with E-state index in [0.717, 1.165) is 0 Å². The van der Waals surface area contributed by atoms with Crippen LogP contribution in [0.2, 0.25) is 0 Å². The van der Waals surface area contributed by atoms with Crippen molar-refractivity contribution in [1.82, 2.24) is 10.3 Å². The number of pyridine rings is 1. The van der Waals surface area contributed by atoms with Gasteiger partial charge in [0.25, 0.3) is 0 Å². The number of amides is 2. The maximum Gasteiger partial charge on any atom is 0.319 e. The molecule has 3 N–H and O–H groups in total. The molecule has 1 unspecified atom stereocenters. The maximum atomic E-state index is 11.3. The Morgan fingerprint density at radius 3 is 2.88 bits per heavy atom. The summed E-state index contributed by atoms with van der Waals surface area (Å²) in [7, 11) is 0. The third-order valence-electron chi connectivity index (χ3n) is 1.91. The summed E-state index contributed by atoms with van der Waals surface area (Å²) in [6.07, 6.45) is 3.09. The molecule has 0 saturated heterocycles. The zero-order valence-electron chi connectivity index (χ0n) is 8.80. The van der Waals surface area contributed by atoms with Crippen molar-refractivity contribution in [3.05, 3.63) is 24.5 Å². The molecular weight excluding hydrogens is 210 g/mol. The van der Waals surface area contributed by atoms with E-state index < -0.39 is 17.9 Å². The van der Waals surface area contributed by atoms with E-state index in [9.17, 15) is 9.59 Å². The third-order valence-corrected chi connectivity index (χ3v) is 1.91. The van der Waals surface area contributed by atoms with Gasteiger partial charge < -0.3 is 15.7 Å². The lowest BCUT2D eigenvalue weighted by Gasteiger charge is -2.09. The minimum atomic E-state index is -0.943. The Bertz CT molecular complexity index is 367. The van der Waals surface area contributed by atoms with Gasteiger partial charge in [-0.15, -0.1) is 0 Å². The van der Waals surface area contributed by atoms with Gasteiger partial charge in [-0.1, -0.05) is 6.92 Å². The van der Waals surface area contributed by atoms with Gasteiger partial charge in [0.15, 0.2) is 0 Å². The van der Waals surface area contributed by atoms with Gasteiger partial charge in [0.1, 0.15) is 0 Å². The van der Waals surface area contributed by atoms with E-state index in [1.807, 2.05) is 0 Å². The first-order valence-corrected chi connectivity index (χ1v) is 4.77. The Morgan fingerprint density at radius 1 is 1.56 bits per heavy atom. The minimum Gasteiger partial charge on any atom is -0.481 e. The average Bonchev–Trinajstić information content (AvgIpc) is 2.27. The lowest BCUT2D eigenvalue weighted by atomic mass is 10.2. The highest BCUT2D eigenvalue weighted by Crippen LogP contribution is 2.01. The van der Waals surface area contributed by atoms with Crippen molar-refractivity contribution < 1.29 is 14.7 Å². The number of aromatic nitrogens is 1. The van der Waals surface area contributed by atoms with Crippen LogP contribution in [0.4, 0.5) is 10.5 Å². The Kier molecular flexibility index (Phi) is 4.26. The molecule has 0 aliphatic carbocycles. The molecule has 1 atom stereocenters. The summed E-state index contributed by atoms with van der Waals surface area (Å²) in [4.78, 5) is 25.6. The van der Waals surface area contributed by atoms with E-state index in [4.69, 9.17) is 5.11 Å². The summed E-state index contributed by atoms with van der Waals surface area (Å²) in [6, 6.07) is 2.93. The summed E-state index contributed by atoms with van der Waals surface area (Å²) in [5.74, 6) is -1.55. The van der Waals surface area contributed by atoms with Crippen LogP contribution in [0.25, 0.3) is 0 Å². The molecule has 1 aromatic rings. The minimum absolute atomic E-state index is 0.0848. The van der Waals surface area contributed by atoms with Gasteiger partial charge in [0, 0.05) is 12.7 Å². The van der Waals surface area contributed by atoms with Crippen molar-refractivity contribution in [3.8, 4) is 0 Å². The first-order valence-electron chi connectivity index (χ1n) is 4.77. The standard InChI is InChI=1S/C10H13N3O3/c1-7(9(14)15)5-12-10(16)13-8-3-2-4-11-6-8/h2-4,6-7H,5H2,1H3,(H,14,15)(H2,12,13,16). The number of rotatable bonds is 4. The third kappa shape index (κ3) is 3.95. The van der Waals surface area contributed by atoms with E-state index >= 15 is 0 Å². The first-order chi connectivity index (χ1) is 7.59. The molecule has 2 amide bonds. The number of carboxylic acid groups (broad SMARTS) is 1. The summed E-state index contributed by atoms with van der Waals surface area (Å²) >= 11 is 0. The summed E-state index contributed by atoms with van der Waals surface area (Å²) < 4.78 is 0. The molecule has 0 radical (unpaired) electrons. The smallest absolute Gasteiger partial charge is 0.319 e. The van der Waals surface area contributed by atoms with E-state index in [1.165, 1.54) is 13.1 Å². The highest BCUT2D eigenvalue weighted by molar-refractivity contribution is 5.89. The maximum absolute atomic E-state index is 11.3. The predicted octanol–water partition coefficient (Wildman–Crippen LogP) is 0.924. The monoisotopic (exact) mass is 223 g/mol. The Labute approximate surface area is 92.7 Å². The van der Waals surface area contributed by atoms with Crippen molar-refractivity contribution in [2.24, 2.45) is 5.92 Å². The molecule has 0 bridgehead atoms. The fourth-order valence-corrected chi connectivity index (χ4v) is 0.945. The van der Waals surface area contributed by atoms with E-state index in [1.54, 1.807) is 18.3 Å². The number of aliphatic carboxylic acids is 1. The summed E-state index contributed by atoms with van der Waals surface area (Å²) in [5, 5.41) is 13.6. The van der Waals surface area contributed by atoms with Crippen molar-refractivity contribution in [3.63, 3.8) is 0 Å². The molecule has 0 aliphatic heterocycles. The number of hydrogen-bond acceptors (Lipinski definition) is 3. The summed E-state index contributed by atoms with van der Waals surface area (Å²) in [6.45, 7) is 1.61. The molecule has 0 aliphatic rings. The fourth-order valence-electron chi connectivity index (χ4n) is 0.945. The summed E-state index contributed by atoms with van der Waals surface area (Å²) in [5.41, 5.74) is 0.558. The normalized spacial score (nSPS) is 11.6. The van der Waals surface area contributed by atoms with Crippen molar-refractivity contribution in [2.75, 3.05) is 11.9 Å². The van der Waals surface area contributed by atoms with Gasteiger partial charge in [-0.3, -0.25) is 9.78 Å². The molecule has 0 fully saturated rings. The van der Waals surface area contributed by atoms with Crippen molar-refractivity contribution in [2.45, 2.75) is 6.92 Å². The van der Waals surface area contributed by atoms with Crippen molar-refractivity contribution in [1.29, 1.82) is 0 Å². The predicted molar refractivity (Wildman–Crippen MR) is 58.1 cm³/mol. The van der Waals surface area contributed by atoms with Crippen LogP contribution >= 0.6 is 0 Å². The second-order valence-electron chi connectivity index (χ2n) is 3.32. The van der Waals surface area contributed by atoms with Gasteiger partial charge in [0.2, 0.25) is 0 Å². The Balaban J connectivity index is 2.35. The van der Waals surface area contributed by atoms with Crippen LogP contribution in [0.15, 0.2) is 24.5 Å². The number of anilines is 1. The number of nitrogens with zero attached hydrogens (tertiary/aromatic N) is 1. The molecule has 0 aromatic carbocycles. The first kappa shape index (κ1) is 12.0. The van der Waals surface area contributed by atoms with Crippen LogP contribution in [-0.4, -0.2) is 28.6 Å². The van der Waals surface area contributed by atoms with Crippen LogP contribution in [0.5, 0.6) is 0 Å². The zero-order valence-corrected chi connectivity index (χ0v) is 8.80. The quantitative estimate of drug-likeness (QED) is 0.707. The fraction of sp³-hybridized carbons (Fsp3) is 0.300. The van der Waals surface area contributed by atoms with Crippen molar-refractivity contribution >= 4 is 17.7 Å². The number of hydrogen-bond donors (Lipinski definition) is 3. The molecule has 16 heavy (non-hydrogen) atoms. The van der Waals surface area contributed by atoms with Crippen LogP contribution in [0.3, 0.4) is 0 Å². The van der Waals surface area contributed by atoms with Gasteiger partial charge in [-0.05, 0) is 12.1 Å². The molecule has 6 nitrogen and oxygen atoms in total. The highest BCUT2D eigenvalue weighted by atomic mass is 16.4. The molecular formula is C10H13N3O3. The van der Waals surface area contributed by atoms with E-state index in [0.29, 0.717) is 5.69 Å². The van der Waals surface area contributed by atoms with Crippen LogP contribution in [0.1, 0.15) is 6.92 Å². The Hall–Kier alpha value is -2.11. The van der Waals surface area contributed by atoms with Gasteiger partial charge in [0.05, 0.1) is 17.8 Å². The molecule has 0 spiro atoms. The van der Waals surface area contributed by atoms with Crippen LogP contribution in [-0.2, 0) is 4.79 Å². The van der Waals surface area contributed by atoms with E-state index in [-0.39, 0.29) is 6.54 Å². The number of carboxylic acids is 1. The molecule has 1 rings (SSSR count). The second-order valence-corrected chi connectivity index (χ2v) is 3.32. The SMILES string of the molecule is CC(CNC(=O)Nc1cccnc1)C(=O)O. The number of carbonyl (C=O) groups excluding carboxylic acids is 1. The van der Waals surface area contributed by atoms with E-state index in [2.05, 4.69) is 15.6 Å². The van der Waals surface area contributed by atoms with Crippen LogP contribution in [0, 0.1) is 5.92 Å². The van der Waals surface area contributed by atoms with Gasteiger partial charge in [-0.2, -0.15) is 0 Å². The lowest BCUT2D eigenvalue weighted by Crippen LogP contribution is -2.34. The van der Waals surface area contributed by atoms with Gasteiger partial charge >= 0.3 is 12.0 Å². The lowest BCUT2D eigenvalue weighted by molar-refractivity contribution is -0.140. The number of nitrogens with one attached hydrogen (secondary N) is 2. The largest absolute Gasteiger partial charge is 0.481 e. The molecule has 1 heterocycles. The highest BCUT2D eigenvalue weighted by Gasteiger charge is 2.11. The zero-order chi connectivity index (χ0) is 12.0. The van der Waals surface area contributed by atoms with Gasteiger partial charge in [-0.25, -0.2) is 4.79 Å². The number of carbonyl (C=O) groups is 2. The Morgan fingerprint density at radius 2 is 2.31 bits per heavy atom. The number of urea groups is 1. The molecule has 6 heteroatoms. The van der Waals surface area contributed by atoms with Crippen LogP contribution < -0.4 is 10.6 Å². The molecule has 0 saturated carbocycles. The second kappa shape index (κ2) is 5.69. The molecule has 86 valence electrons. The topological polar surface area (TPSA) is 91.3 Å².